The average molecular weight is 464 g/mol. The molecule has 4 nitrogen and oxygen atoms in total. The van der Waals surface area contributed by atoms with Gasteiger partial charge in [-0.05, 0) is 65.1 Å². The summed E-state index contributed by atoms with van der Waals surface area (Å²) in [5.41, 5.74) is 2.89. The highest BCUT2D eigenvalue weighted by Gasteiger charge is 2.22. The van der Waals surface area contributed by atoms with Gasteiger partial charge in [0.25, 0.3) is 0 Å². The summed E-state index contributed by atoms with van der Waals surface area (Å²) >= 11 is 5.79. The highest BCUT2D eigenvalue weighted by atomic mass is 127. The smallest absolute Gasteiger partial charge is 0.123 e. The topological polar surface area (TPSA) is 41.3 Å². The van der Waals surface area contributed by atoms with Gasteiger partial charge < -0.3 is 10.0 Å². The first-order chi connectivity index (χ1) is 9.91. The van der Waals surface area contributed by atoms with Crippen LogP contribution in [0.5, 0.6) is 0 Å². The van der Waals surface area contributed by atoms with Gasteiger partial charge in [0.05, 0.1) is 22.9 Å². The molecule has 0 amide bonds. The summed E-state index contributed by atoms with van der Waals surface area (Å²) in [6.07, 6.45) is 1.06. The third kappa shape index (κ3) is 3.85. The number of aliphatic hydroxyl groups excluding tert-OH is 1. The fourth-order valence-electron chi connectivity index (χ4n) is 2.15. The molecule has 114 valence electrons. The number of rotatable bonds is 5. The molecule has 0 saturated carbocycles. The van der Waals surface area contributed by atoms with Crippen LogP contribution in [0.3, 0.4) is 0 Å². The molecule has 2 rings (SSSR count). The van der Waals surface area contributed by atoms with E-state index in [2.05, 4.69) is 61.5 Å². The molecule has 1 aromatic carbocycles. The van der Waals surface area contributed by atoms with E-state index in [0.29, 0.717) is 0 Å². The molecule has 1 N–H and O–H groups in total. The maximum absolute atomic E-state index is 10.8. The Hall–Kier alpha value is -0.440. The van der Waals surface area contributed by atoms with Crippen molar-refractivity contribution in [3.8, 4) is 0 Å². The zero-order valence-electron chi connectivity index (χ0n) is 12.3. The minimum Gasteiger partial charge on any atom is -0.382 e. The van der Waals surface area contributed by atoms with Crippen LogP contribution in [-0.4, -0.2) is 40.4 Å². The molecule has 0 saturated heterocycles. The second-order valence-electron chi connectivity index (χ2n) is 5.28. The molecule has 0 aliphatic rings. The Morgan fingerprint density at radius 2 is 2.14 bits per heavy atom. The molecule has 0 spiro atoms. The zero-order valence-corrected chi connectivity index (χ0v) is 16.1. The molecule has 0 aliphatic heterocycles. The third-order valence-corrected chi connectivity index (χ3v) is 5.45. The summed E-state index contributed by atoms with van der Waals surface area (Å²) in [5.74, 6) is 0. The predicted molar refractivity (Wildman–Crippen MR) is 96.4 cm³/mol. The molecular formula is C15H19BrIN3O. The van der Waals surface area contributed by atoms with Gasteiger partial charge in [-0.15, -0.1) is 0 Å². The standard InChI is InChI=1S/C15H19BrIN3O/c1-10-5-4-6-11(13(10)17)15(21)14-12(16)9-18-20(14)8-7-19(2)3/h4-6,9,15,21H,7-8H2,1-3H3. The summed E-state index contributed by atoms with van der Waals surface area (Å²) in [4.78, 5) is 2.10. The van der Waals surface area contributed by atoms with E-state index in [0.717, 1.165) is 32.4 Å². The Morgan fingerprint density at radius 1 is 1.43 bits per heavy atom. The summed E-state index contributed by atoms with van der Waals surface area (Å²) in [7, 11) is 4.05. The Bertz CT molecular complexity index is 627. The number of hydrogen-bond donors (Lipinski definition) is 1. The number of benzene rings is 1. The second-order valence-corrected chi connectivity index (χ2v) is 7.22. The van der Waals surface area contributed by atoms with Gasteiger partial charge in [-0.1, -0.05) is 18.2 Å². The van der Waals surface area contributed by atoms with E-state index in [1.165, 1.54) is 5.56 Å². The lowest BCUT2D eigenvalue weighted by atomic mass is 10.0. The normalized spacial score (nSPS) is 12.9. The van der Waals surface area contributed by atoms with Crippen molar-refractivity contribution in [2.45, 2.75) is 19.6 Å². The number of likely N-dealkylation sites (N-methyl/N-ethyl adjacent to an activating group) is 1. The lowest BCUT2D eigenvalue weighted by molar-refractivity contribution is 0.204. The molecule has 6 heteroatoms. The first-order valence-corrected chi connectivity index (χ1v) is 8.58. The van der Waals surface area contributed by atoms with Crippen molar-refractivity contribution >= 4 is 38.5 Å². The van der Waals surface area contributed by atoms with Gasteiger partial charge in [0.1, 0.15) is 6.10 Å². The van der Waals surface area contributed by atoms with Gasteiger partial charge >= 0.3 is 0 Å². The van der Waals surface area contributed by atoms with Crippen LogP contribution in [0.2, 0.25) is 0 Å². The van der Waals surface area contributed by atoms with Gasteiger partial charge in [-0.2, -0.15) is 5.10 Å². The molecule has 21 heavy (non-hydrogen) atoms. The van der Waals surface area contributed by atoms with Gasteiger partial charge in [-0.25, -0.2) is 0 Å². The summed E-state index contributed by atoms with van der Waals surface area (Å²) in [6, 6.07) is 6.00. The largest absolute Gasteiger partial charge is 0.382 e. The number of aromatic nitrogens is 2. The van der Waals surface area contributed by atoms with E-state index < -0.39 is 6.10 Å². The van der Waals surface area contributed by atoms with Gasteiger partial charge in [-0.3, -0.25) is 4.68 Å². The summed E-state index contributed by atoms with van der Waals surface area (Å²) in [5, 5.41) is 15.2. The van der Waals surface area contributed by atoms with E-state index in [-0.39, 0.29) is 0 Å². The Kier molecular flexibility index (Phi) is 5.81. The molecule has 1 heterocycles. The van der Waals surface area contributed by atoms with Gasteiger partial charge in [0.15, 0.2) is 0 Å². The molecule has 0 aliphatic carbocycles. The van der Waals surface area contributed by atoms with E-state index in [1.807, 2.05) is 30.9 Å². The quantitative estimate of drug-likeness (QED) is 0.692. The molecule has 0 radical (unpaired) electrons. The molecule has 0 bridgehead atoms. The van der Waals surface area contributed by atoms with Crippen molar-refractivity contribution in [2.75, 3.05) is 20.6 Å². The fraction of sp³-hybridized carbons (Fsp3) is 0.400. The van der Waals surface area contributed by atoms with E-state index >= 15 is 0 Å². The molecule has 0 fully saturated rings. The Labute approximate surface area is 147 Å². The minimum absolute atomic E-state index is 0.684. The van der Waals surface area contributed by atoms with E-state index in [1.54, 1.807) is 6.20 Å². The zero-order chi connectivity index (χ0) is 15.6. The van der Waals surface area contributed by atoms with Crippen molar-refractivity contribution in [3.63, 3.8) is 0 Å². The Morgan fingerprint density at radius 3 is 2.81 bits per heavy atom. The molecule has 1 unspecified atom stereocenters. The number of aryl methyl sites for hydroxylation is 1. The van der Waals surface area contributed by atoms with Gasteiger partial charge in [0, 0.05) is 15.7 Å². The van der Waals surface area contributed by atoms with Crippen molar-refractivity contribution in [2.24, 2.45) is 0 Å². The van der Waals surface area contributed by atoms with E-state index in [4.69, 9.17) is 0 Å². The van der Waals surface area contributed by atoms with Crippen LogP contribution in [0.25, 0.3) is 0 Å². The number of aliphatic hydroxyl groups is 1. The van der Waals surface area contributed by atoms with Crippen LogP contribution in [0.1, 0.15) is 22.9 Å². The van der Waals surface area contributed by atoms with E-state index in [9.17, 15) is 5.11 Å². The third-order valence-electron chi connectivity index (χ3n) is 3.37. The van der Waals surface area contributed by atoms with Crippen LogP contribution < -0.4 is 0 Å². The number of nitrogens with zero attached hydrogens (tertiary/aromatic N) is 3. The van der Waals surface area contributed by atoms with Crippen LogP contribution >= 0.6 is 38.5 Å². The lowest BCUT2D eigenvalue weighted by Crippen LogP contribution is -2.21. The van der Waals surface area contributed by atoms with Crippen molar-refractivity contribution in [1.82, 2.24) is 14.7 Å². The SMILES string of the molecule is Cc1cccc(C(O)c2c(Br)cnn2CCN(C)C)c1I. The average Bonchev–Trinajstić information content (AvgIpc) is 2.80. The monoisotopic (exact) mass is 463 g/mol. The molecule has 1 aromatic heterocycles. The summed E-state index contributed by atoms with van der Waals surface area (Å²) < 4.78 is 3.80. The van der Waals surface area contributed by atoms with Crippen LogP contribution in [-0.2, 0) is 6.54 Å². The molecule has 2 aromatic rings. The van der Waals surface area contributed by atoms with Crippen LogP contribution in [0.4, 0.5) is 0 Å². The first kappa shape index (κ1) is 16.9. The second kappa shape index (κ2) is 7.21. The Balaban J connectivity index is 2.36. The minimum atomic E-state index is -0.684. The van der Waals surface area contributed by atoms with Crippen molar-refractivity contribution < 1.29 is 5.11 Å². The summed E-state index contributed by atoms with van der Waals surface area (Å²) in [6.45, 7) is 3.67. The highest BCUT2D eigenvalue weighted by Crippen LogP contribution is 2.32. The lowest BCUT2D eigenvalue weighted by Gasteiger charge is -2.18. The highest BCUT2D eigenvalue weighted by molar-refractivity contribution is 14.1. The number of halogens is 2. The van der Waals surface area contributed by atoms with Gasteiger partial charge in [0.2, 0.25) is 0 Å². The first-order valence-electron chi connectivity index (χ1n) is 6.70. The predicted octanol–water partition coefficient (Wildman–Crippen LogP) is 3.20. The van der Waals surface area contributed by atoms with Crippen LogP contribution in [0, 0.1) is 10.5 Å². The maximum atomic E-state index is 10.8. The maximum Gasteiger partial charge on any atom is 0.123 e. The number of hydrogen-bond acceptors (Lipinski definition) is 3. The van der Waals surface area contributed by atoms with Crippen molar-refractivity contribution in [3.05, 3.63) is 49.3 Å². The van der Waals surface area contributed by atoms with Crippen LogP contribution in [0.15, 0.2) is 28.9 Å². The fourth-order valence-corrected chi connectivity index (χ4v) is 3.31. The molecular weight excluding hydrogens is 445 g/mol. The molecule has 1 atom stereocenters. The van der Waals surface area contributed by atoms with Crippen molar-refractivity contribution in [1.29, 1.82) is 0 Å².